The molecule has 1 heterocycles. The molecular formula is C24H25N3O4. The minimum Gasteiger partial charge on any atom is -0.440 e. The predicted molar refractivity (Wildman–Crippen MR) is 112 cm³/mol. The van der Waals surface area contributed by atoms with Crippen LogP contribution in [0.1, 0.15) is 38.5 Å². The van der Waals surface area contributed by atoms with Gasteiger partial charge in [0.25, 0.3) is 0 Å². The molecule has 7 heteroatoms. The Labute approximate surface area is 181 Å². The third-order valence-corrected chi connectivity index (χ3v) is 5.57. The minimum absolute atomic E-state index is 0.319. The van der Waals surface area contributed by atoms with E-state index in [9.17, 15) is 10.1 Å². The number of carbonyl (C=O) groups is 1. The molecule has 4 rings (SSSR count). The lowest BCUT2D eigenvalue weighted by molar-refractivity contribution is -0.149. The molecule has 0 aliphatic heterocycles. The largest absolute Gasteiger partial charge is 0.440 e. The molecular weight excluding hydrogens is 394 g/mol. The van der Waals surface area contributed by atoms with Gasteiger partial charge in [0.2, 0.25) is 12.0 Å². The molecule has 0 amide bonds. The second kappa shape index (κ2) is 8.78. The molecule has 0 saturated heterocycles. The van der Waals surface area contributed by atoms with E-state index in [2.05, 4.69) is 10.5 Å². The molecule has 2 aliphatic rings. The average molecular weight is 419 g/mol. The van der Waals surface area contributed by atoms with Gasteiger partial charge in [-0.25, -0.2) is 4.98 Å². The van der Waals surface area contributed by atoms with Gasteiger partial charge >= 0.3 is 5.97 Å². The Kier molecular flexibility index (Phi) is 5.92. The molecule has 2 aromatic rings. The van der Waals surface area contributed by atoms with Gasteiger partial charge in [0, 0.05) is 17.7 Å². The third kappa shape index (κ3) is 5.04. The van der Waals surface area contributed by atoms with Crippen LogP contribution in [0.3, 0.4) is 0 Å². The first-order valence-corrected chi connectivity index (χ1v) is 10.4. The Morgan fingerprint density at radius 1 is 1.26 bits per heavy atom. The topological polar surface area (TPSA) is 93.5 Å². The number of nitriles is 1. The first-order chi connectivity index (χ1) is 15.0. The second-order valence-corrected chi connectivity index (χ2v) is 8.39. The third-order valence-electron chi connectivity index (χ3n) is 5.57. The second-order valence-electron chi connectivity index (χ2n) is 8.39. The Morgan fingerprint density at radius 3 is 2.74 bits per heavy atom. The molecule has 2 fully saturated rings. The van der Waals surface area contributed by atoms with Gasteiger partial charge in [-0.15, -0.1) is 0 Å². The van der Waals surface area contributed by atoms with Crippen LogP contribution in [0.25, 0.3) is 0 Å². The highest BCUT2D eigenvalue weighted by Crippen LogP contribution is 2.58. The van der Waals surface area contributed by atoms with Crippen LogP contribution >= 0.6 is 0 Å². The van der Waals surface area contributed by atoms with Gasteiger partial charge in [0.15, 0.2) is 0 Å². The number of nitrogens with one attached hydrogen (secondary N) is 1. The van der Waals surface area contributed by atoms with Gasteiger partial charge in [-0.1, -0.05) is 38.1 Å². The number of para-hydroxylation sites is 1. The summed E-state index contributed by atoms with van der Waals surface area (Å²) in [6.45, 7) is 4.59. The van der Waals surface area contributed by atoms with Crippen molar-refractivity contribution in [2.24, 2.45) is 17.3 Å². The van der Waals surface area contributed by atoms with Crippen LogP contribution in [0.5, 0.6) is 11.6 Å². The summed E-state index contributed by atoms with van der Waals surface area (Å²) in [5.41, 5.74) is 3.68. The van der Waals surface area contributed by atoms with Gasteiger partial charge in [-0.05, 0) is 42.5 Å². The number of benzene rings is 1. The monoisotopic (exact) mass is 419 g/mol. The first-order valence-electron chi connectivity index (χ1n) is 10.4. The summed E-state index contributed by atoms with van der Waals surface area (Å²) in [5, 5.41) is 9.58. The fraction of sp³-hybridized carbons (Fsp3) is 0.375. The van der Waals surface area contributed by atoms with Gasteiger partial charge in [0.05, 0.1) is 18.2 Å². The van der Waals surface area contributed by atoms with E-state index < -0.39 is 18.0 Å². The molecule has 160 valence electrons. The van der Waals surface area contributed by atoms with Crippen molar-refractivity contribution >= 4 is 5.97 Å². The molecule has 7 nitrogen and oxygen atoms in total. The Morgan fingerprint density at radius 2 is 2.03 bits per heavy atom. The number of aromatic nitrogens is 1. The molecule has 1 N–H and O–H groups in total. The quantitative estimate of drug-likeness (QED) is 0.364. The van der Waals surface area contributed by atoms with Crippen LogP contribution in [-0.4, -0.2) is 17.6 Å². The lowest BCUT2D eigenvalue weighted by Gasteiger charge is -2.12. The average Bonchev–Trinajstić information content (AvgIpc) is 3.67. The van der Waals surface area contributed by atoms with E-state index in [1.807, 2.05) is 50.2 Å². The molecule has 2 unspecified atom stereocenters. The van der Waals surface area contributed by atoms with E-state index in [4.69, 9.17) is 14.3 Å². The van der Waals surface area contributed by atoms with E-state index in [0.29, 0.717) is 29.8 Å². The molecule has 2 aliphatic carbocycles. The number of esters is 1. The fourth-order valence-corrected chi connectivity index (χ4v) is 3.41. The molecule has 1 aromatic heterocycles. The number of hydrogen-bond acceptors (Lipinski definition) is 7. The van der Waals surface area contributed by atoms with Gasteiger partial charge in [-0.3, -0.25) is 15.1 Å². The van der Waals surface area contributed by atoms with Crippen molar-refractivity contribution in [3.05, 3.63) is 66.0 Å². The summed E-state index contributed by atoms with van der Waals surface area (Å²) in [6.07, 6.45) is 3.02. The summed E-state index contributed by atoms with van der Waals surface area (Å²) >= 11 is 0. The van der Waals surface area contributed by atoms with Gasteiger partial charge < -0.3 is 9.47 Å². The van der Waals surface area contributed by atoms with Crippen molar-refractivity contribution in [2.75, 3.05) is 6.61 Å². The lowest BCUT2D eigenvalue weighted by Crippen LogP contribution is -2.15. The summed E-state index contributed by atoms with van der Waals surface area (Å²) in [7, 11) is 0. The molecule has 0 bridgehead atoms. The highest BCUT2D eigenvalue weighted by Gasteiger charge is 2.58. The molecule has 1 aromatic carbocycles. The van der Waals surface area contributed by atoms with Crippen molar-refractivity contribution in [2.45, 2.75) is 32.8 Å². The molecule has 0 radical (unpaired) electrons. The number of rotatable bonds is 9. The van der Waals surface area contributed by atoms with Crippen LogP contribution in [-0.2, 0) is 14.4 Å². The zero-order chi connectivity index (χ0) is 21.8. The van der Waals surface area contributed by atoms with E-state index >= 15 is 0 Å². The van der Waals surface area contributed by atoms with Crippen molar-refractivity contribution in [1.82, 2.24) is 10.5 Å². The van der Waals surface area contributed by atoms with Crippen molar-refractivity contribution < 1.29 is 19.1 Å². The zero-order valence-electron chi connectivity index (χ0n) is 17.6. The highest BCUT2D eigenvalue weighted by molar-refractivity contribution is 5.84. The van der Waals surface area contributed by atoms with Gasteiger partial charge in [-0.2, -0.15) is 5.26 Å². The van der Waals surface area contributed by atoms with Crippen LogP contribution in [0, 0.1) is 28.6 Å². The fourth-order valence-electron chi connectivity index (χ4n) is 3.41. The van der Waals surface area contributed by atoms with Crippen LogP contribution in [0.2, 0.25) is 0 Å². The summed E-state index contributed by atoms with van der Waals surface area (Å²) in [5.74, 6) is 0.712. The van der Waals surface area contributed by atoms with E-state index in [1.165, 1.54) is 12.8 Å². The van der Waals surface area contributed by atoms with Crippen molar-refractivity contribution in [3.63, 3.8) is 0 Å². The van der Waals surface area contributed by atoms with Crippen LogP contribution in [0.4, 0.5) is 0 Å². The Bertz CT molecular complexity index is 1010. The van der Waals surface area contributed by atoms with Crippen LogP contribution < -0.4 is 10.2 Å². The number of hydroxylamine groups is 1. The minimum atomic E-state index is -1.12. The standard InChI is InChI=1S/C24H25N3O4/c1-24(2)18(14-26-29-15-16-11-12-16)22(24)23(28)31-20(13-25)19-9-6-10-21(27-19)30-17-7-4-3-5-8-17/h3-10,14,16,20,22,26H,11-12,15H2,1-2H3. The molecule has 31 heavy (non-hydrogen) atoms. The molecule has 2 atom stereocenters. The SMILES string of the molecule is CC1(C)C(=CNOCC2CC2)C1C(=O)OC(C#N)c1cccc(Oc2ccccc2)n1. The summed E-state index contributed by atoms with van der Waals surface area (Å²) in [4.78, 5) is 22.5. The van der Waals surface area contributed by atoms with Crippen molar-refractivity contribution in [3.8, 4) is 17.7 Å². The number of pyridine rings is 1. The molecule has 2 saturated carbocycles. The summed E-state index contributed by atoms with van der Waals surface area (Å²) in [6, 6.07) is 16.3. The van der Waals surface area contributed by atoms with Gasteiger partial charge in [0.1, 0.15) is 11.8 Å². The maximum absolute atomic E-state index is 12.8. The smallest absolute Gasteiger partial charge is 0.315 e. The predicted octanol–water partition coefficient (Wildman–Crippen LogP) is 4.45. The number of ether oxygens (including phenoxy) is 2. The molecule has 0 spiro atoms. The van der Waals surface area contributed by atoms with E-state index in [1.54, 1.807) is 24.4 Å². The number of nitrogens with zero attached hydrogens (tertiary/aromatic N) is 2. The van der Waals surface area contributed by atoms with Crippen LogP contribution in [0.15, 0.2) is 60.3 Å². The zero-order valence-corrected chi connectivity index (χ0v) is 17.6. The lowest BCUT2D eigenvalue weighted by atomic mass is 10.1. The van der Waals surface area contributed by atoms with Crippen molar-refractivity contribution in [1.29, 1.82) is 5.26 Å². The number of carbonyl (C=O) groups excluding carboxylic acids is 1. The Balaban J connectivity index is 1.38. The Hall–Kier alpha value is -3.37. The van der Waals surface area contributed by atoms with E-state index in [0.717, 1.165) is 5.57 Å². The maximum Gasteiger partial charge on any atom is 0.315 e. The normalized spacial score (nSPS) is 21.1. The summed E-state index contributed by atoms with van der Waals surface area (Å²) < 4.78 is 11.2. The highest BCUT2D eigenvalue weighted by atomic mass is 16.6. The maximum atomic E-state index is 12.8. The first kappa shape index (κ1) is 20.9. The number of hydrogen-bond donors (Lipinski definition) is 1. The van der Waals surface area contributed by atoms with E-state index in [-0.39, 0.29) is 5.41 Å².